The Bertz CT molecular complexity index is 600. The Morgan fingerprint density at radius 3 is 3.15 bits per heavy atom. The Hall–Kier alpha value is -1.31. The number of benzene rings is 1. The number of thioether (sulfide) groups is 1. The zero-order valence-corrected chi connectivity index (χ0v) is 13.0. The van der Waals surface area contributed by atoms with Crippen LogP contribution in [0.3, 0.4) is 0 Å². The summed E-state index contributed by atoms with van der Waals surface area (Å²) < 4.78 is 5.94. The van der Waals surface area contributed by atoms with E-state index >= 15 is 0 Å². The molecule has 0 radical (unpaired) electrons. The number of methoxy groups -OCH3 is 1. The number of hydrogen-bond acceptors (Lipinski definition) is 6. The van der Waals surface area contributed by atoms with Gasteiger partial charge in [0.2, 0.25) is 5.91 Å². The van der Waals surface area contributed by atoms with Crippen LogP contribution in [0, 0.1) is 0 Å². The molecule has 0 bridgehead atoms. The number of aromatic nitrogens is 1. The predicted octanol–water partition coefficient (Wildman–Crippen LogP) is 2.59. The van der Waals surface area contributed by atoms with Crippen LogP contribution in [0.15, 0.2) is 18.2 Å². The van der Waals surface area contributed by atoms with Crippen LogP contribution in [0.4, 0.5) is 10.8 Å². The number of carbonyl (C=O) groups is 1. The first kappa shape index (κ1) is 15.1. The molecule has 0 aliphatic heterocycles. The van der Waals surface area contributed by atoms with Gasteiger partial charge in [0.25, 0.3) is 0 Å². The van der Waals surface area contributed by atoms with E-state index in [0.717, 1.165) is 16.0 Å². The minimum Gasteiger partial charge on any atom is -0.399 e. The Morgan fingerprint density at radius 1 is 1.60 bits per heavy atom. The quantitative estimate of drug-likeness (QED) is 0.633. The zero-order valence-electron chi connectivity index (χ0n) is 11.4. The molecule has 1 unspecified atom stereocenters. The molecule has 5 nitrogen and oxygen atoms in total. The number of anilines is 2. The van der Waals surface area contributed by atoms with Gasteiger partial charge in [-0.05, 0) is 25.1 Å². The molecule has 1 amide bonds. The first-order valence-corrected chi connectivity index (χ1v) is 8.04. The number of ether oxygens (including phenoxy) is 1. The number of hydrogen-bond donors (Lipinski definition) is 2. The molecule has 0 spiro atoms. The van der Waals surface area contributed by atoms with Crippen molar-refractivity contribution < 1.29 is 9.53 Å². The van der Waals surface area contributed by atoms with Gasteiger partial charge in [0.1, 0.15) is 0 Å². The molecule has 2 rings (SSSR count). The fourth-order valence-electron chi connectivity index (χ4n) is 1.59. The Balaban J connectivity index is 1.98. The summed E-state index contributed by atoms with van der Waals surface area (Å²) in [6.45, 7) is 2.52. The van der Waals surface area contributed by atoms with Gasteiger partial charge in [0.05, 0.1) is 22.1 Å². The van der Waals surface area contributed by atoms with Gasteiger partial charge in [-0.1, -0.05) is 11.3 Å². The van der Waals surface area contributed by atoms with Crippen LogP contribution >= 0.6 is 23.1 Å². The largest absolute Gasteiger partial charge is 0.399 e. The summed E-state index contributed by atoms with van der Waals surface area (Å²) in [6.07, 6.45) is 0. The molecule has 1 atom stereocenters. The molecule has 3 N–H and O–H groups in total. The second-order valence-electron chi connectivity index (χ2n) is 4.24. The van der Waals surface area contributed by atoms with E-state index in [2.05, 4.69) is 10.3 Å². The van der Waals surface area contributed by atoms with Crippen molar-refractivity contribution in [3.05, 3.63) is 18.2 Å². The van der Waals surface area contributed by atoms with Gasteiger partial charge in [0, 0.05) is 18.6 Å². The summed E-state index contributed by atoms with van der Waals surface area (Å²) in [4.78, 5) is 16.4. The normalized spacial score (nSPS) is 12.5. The van der Waals surface area contributed by atoms with Crippen molar-refractivity contribution in [2.75, 3.05) is 30.5 Å². The number of thiazole rings is 1. The summed E-state index contributed by atoms with van der Waals surface area (Å²) in [5, 5.41) is 3.31. The SMILES string of the molecule is COCCSC(C)C(=O)Nc1nc2ccc(N)cc2s1. The lowest BCUT2D eigenvalue weighted by Crippen LogP contribution is -2.23. The molecule has 0 fully saturated rings. The van der Waals surface area contributed by atoms with E-state index in [9.17, 15) is 4.79 Å². The van der Waals surface area contributed by atoms with E-state index in [0.29, 0.717) is 17.4 Å². The number of rotatable bonds is 6. The average Bonchev–Trinajstić information content (AvgIpc) is 2.80. The third-order valence-electron chi connectivity index (χ3n) is 2.67. The Kier molecular flexibility index (Phi) is 5.22. The maximum Gasteiger partial charge on any atom is 0.238 e. The van der Waals surface area contributed by atoms with Crippen molar-refractivity contribution in [3.8, 4) is 0 Å². The van der Waals surface area contributed by atoms with Gasteiger partial charge < -0.3 is 15.8 Å². The summed E-state index contributed by atoms with van der Waals surface area (Å²) in [5.74, 6) is 0.750. The molecule has 0 aliphatic carbocycles. The monoisotopic (exact) mass is 311 g/mol. The minimum atomic E-state index is -0.137. The van der Waals surface area contributed by atoms with Crippen LogP contribution in [-0.4, -0.2) is 35.6 Å². The summed E-state index contributed by atoms with van der Waals surface area (Å²) in [5.41, 5.74) is 7.27. The average molecular weight is 311 g/mol. The molecule has 7 heteroatoms. The van der Waals surface area contributed by atoms with Crippen LogP contribution in [-0.2, 0) is 9.53 Å². The number of amides is 1. The summed E-state index contributed by atoms with van der Waals surface area (Å²) in [6, 6.07) is 5.52. The second kappa shape index (κ2) is 6.92. The van der Waals surface area contributed by atoms with Gasteiger partial charge in [0.15, 0.2) is 5.13 Å². The fourth-order valence-corrected chi connectivity index (χ4v) is 3.33. The first-order chi connectivity index (χ1) is 9.60. The van der Waals surface area contributed by atoms with Crippen LogP contribution in [0.25, 0.3) is 10.2 Å². The topological polar surface area (TPSA) is 77.2 Å². The van der Waals surface area contributed by atoms with Crippen molar-refractivity contribution in [2.24, 2.45) is 0 Å². The van der Waals surface area contributed by atoms with Gasteiger partial charge >= 0.3 is 0 Å². The fraction of sp³-hybridized carbons (Fsp3) is 0.385. The lowest BCUT2D eigenvalue weighted by molar-refractivity contribution is -0.115. The molecule has 20 heavy (non-hydrogen) atoms. The molecule has 1 aromatic heterocycles. The number of nitrogen functional groups attached to an aromatic ring is 1. The van der Waals surface area contributed by atoms with E-state index in [4.69, 9.17) is 10.5 Å². The predicted molar refractivity (Wildman–Crippen MR) is 86.5 cm³/mol. The number of nitrogens with two attached hydrogens (primary N) is 1. The van der Waals surface area contributed by atoms with E-state index in [1.54, 1.807) is 24.9 Å². The number of nitrogens with zero attached hydrogens (tertiary/aromatic N) is 1. The highest BCUT2D eigenvalue weighted by Crippen LogP contribution is 2.28. The molecule has 0 saturated carbocycles. The van der Waals surface area contributed by atoms with Crippen molar-refractivity contribution >= 4 is 50.0 Å². The standard InChI is InChI=1S/C13H17N3O2S2/c1-8(19-6-5-18-2)12(17)16-13-15-10-4-3-9(14)7-11(10)20-13/h3-4,7-8H,5-6,14H2,1-2H3,(H,15,16,17). The third-order valence-corrected chi connectivity index (χ3v) is 4.72. The van der Waals surface area contributed by atoms with Crippen molar-refractivity contribution in [2.45, 2.75) is 12.2 Å². The molecular weight excluding hydrogens is 294 g/mol. The highest BCUT2D eigenvalue weighted by Gasteiger charge is 2.15. The molecule has 108 valence electrons. The minimum absolute atomic E-state index is 0.0434. The summed E-state index contributed by atoms with van der Waals surface area (Å²) in [7, 11) is 1.65. The van der Waals surface area contributed by atoms with Crippen molar-refractivity contribution in [1.82, 2.24) is 4.98 Å². The number of carbonyl (C=O) groups excluding carboxylic acids is 1. The van der Waals surface area contributed by atoms with Gasteiger partial charge in [-0.2, -0.15) is 0 Å². The maximum absolute atomic E-state index is 12.0. The summed E-state index contributed by atoms with van der Waals surface area (Å²) >= 11 is 2.99. The van der Waals surface area contributed by atoms with Gasteiger partial charge in [-0.25, -0.2) is 4.98 Å². The third kappa shape index (κ3) is 3.84. The molecule has 1 aromatic carbocycles. The second-order valence-corrected chi connectivity index (χ2v) is 6.72. The molecule has 2 aromatic rings. The highest BCUT2D eigenvalue weighted by atomic mass is 32.2. The maximum atomic E-state index is 12.0. The van der Waals surface area contributed by atoms with Gasteiger partial charge in [-0.15, -0.1) is 11.8 Å². The van der Waals surface area contributed by atoms with Crippen LogP contribution in [0.5, 0.6) is 0 Å². The van der Waals surface area contributed by atoms with Crippen molar-refractivity contribution in [3.63, 3.8) is 0 Å². The van der Waals surface area contributed by atoms with E-state index in [1.165, 1.54) is 11.3 Å². The molecular formula is C13H17N3O2S2. The van der Waals surface area contributed by atoms with E-state index in [1.807, 2.05) is 19.1 Å². The number of nitrogens with one attached hydrogen (secondary N) is 1. The van der Waals surface area contributed by atoms with Gasteiger partial charge in [-0.3, -0.25) is 4.79 Å². The van der Waals surface area contributed by atoms with E-state index in [-0.39, 0.29) is 11.2 Å². The van der Waals surface area contributed by atoms with Crippen LogP contribution in [0.1, 0.15) is 6.92 Å². The Labute approximate surface area is 125 Å². The zero-order chi connectivity index (χ0) is 14.5. The molecule has 0 aliphatic rings. The highest BCUT2D eigenvalue weighted by molar-refractivity contribution is 8.00. The van der Waals surface area contributed by atoms with Crippen molar-refractivity contribution in [1.29, 1.82) is 0 Å². The van der Waals surface area contributed by atoms with Crippen LogP contribution < -0.4 is 11.1 Å². The molecule has 1 heterocycles. The van der Waals surface area contributed by atoms with Crippen LogP contribution in [0.2, 0.25) is 0 Å². The van der Waals surface area contributed by atoms with E-state index < -0.39 is 0 Å². The smallest absolute Gasteiger partial charge is 0.238 e. The number of fused-ring (bicyclic) bond motifs is 1. The Morgan fingerprint density at radius 2 is 2.40 bits per heavy atom. The first-order valence-electron chi connectivity index (χ1n) is 6.17. The lowest BCUT2D eigenvalue weighted by Gasteiger charge is -2.09. The lowest BCUT2D eigenvalue weighted by atomic mass is 10.3. The molecule has 0 saturated heterocycles.